The molecule has 0 aliphatic carbocycles. The third-order valence-electron chi connectivity index (χ3n) is 4.77. The number of carbonyl (C=O) groups is 1. The summed E-state index contributed by atoms with van der Waals surface area (Å²) in [7, 11) is 0. The average molecular weight is 421 g/mol. The summed E-state index contributed by atoms with van der Waals surface area (Å²) in [5.41, 5.74) is 0. The highest BCUT2D eigenvalue weighted by Crippen LogP contribution is 2.29. The second-order valence-electron chi connectivity index (χ2n) is 7.57. The van der Waals surface area contributed by atoms with Gasteiger partial charge in [-0.05, 0) is 51.4 Å². The van der Waals surface area contributed by atoms with Crippen LogP contribution in [0.2, 0.25) is 0 Å². The molecule has 3 unspecified atom stereocenters. The molecule has 1 aliphatic rings. The van der Waals surface area contributed by atoms with Crippen molar-refractivity contribution in [1.82, 2.24) is 0 Å². The van der Waals surface area contributed by atoms with Crippen molar-refractivity contribution in [2.45, 2.75) is 89.4 Å². The molecule has 1 fully saturated rings. The molecule has 0 saturated carbocycles. The van der Waals surface area contributed by atoms with Crippen molar-refractivity contribution in [3.63, 3.8) is 0 Å². The summed E-state index contributed by atoms with van der Waals surface area (Å²) in [4.78, 5) is 11.4. The number of rotatable bonds is 18. The topological polar surface area (TPSA) is 79.3 Å². The van der Waals surface area contributed by atoms with Crippen LogP contribution in [0, 0.1) is 0 Å². The predicted molar refractivity (Wildman–Crippen MR) is 121 cm³/mol. The minimum Gasteiger partial charge on any atom is -0.463 e. The number of aliphatic hydroxyl groups is 2. The molecule has 1 aliphatic heterocycles. The van der Waals surface area contributed by atoms with Crippen LogP contribution in [0.3, 0.4) is 0 Å². The lowest BCUT2D eigenvalue weighted by molar-refractivity contribution is -0.147. The van der Waals surface area contributed by atoms with E-state index in [1.165, 1.54) is 0 Å². The largest absolute Gasteiger partial charge is 0.463 e. The maximum Gasteiger partial charge on any atom is 0.305 e. The van der Waals surface area contributed by atoms with Gasteiger partial charge < -0.3 is 19.7 Å². The van der Waals surface area contributed by atoms with Gasteiger partial charge in [-0.3, -0.25) is 4.79 Å². The monoisotopic (exact) mass is 420 g/mol. The van der Waals surface area contributed by atoms with Crippen molar-refractivity contribution in [2.75, 3.05) is 13.2 Å². The van der Waals surface area contributed by atoms with Crippen molar-refractivity contribution in [2.24, 2.45) is 0 Å². The number of allylic oxidation sites excluding steroid dienone is 6. The number of unbranched alkanes of at least 4 members (excludes halogenated alkanes) is 3. The third-order valence-corrected chi connectivity index (χ3v) is 4.77. The molecule has 0 aromatic rings. The van der Waals surface area contributed by atoms with Crippen molar-refractivity contribution in [1.29, 1.82) is 0 Å². The third kappa shape index (κ3) is 15.2. The number of ether oxygens (including phenoxy) is 2. The van der Waals surface area contributed by atoms with Gasteiger partial charge in [0.05, 0.1) is 18.8 Å². The number of esters is 1. The molecule has 1 heterocycles. The van der Waals surface area contributed by atoms with Crippen LogP contribution in [-0.2, 0) is 14.3 Å². The second kappa shape index (κ2) is 18.1. The first-order valence-electron chi connectivity index (χ1n) is 11.4. The molecule has 0 aromatic carbocycles. The van der Waals surface area contributed by atoms with Gasteiger partial charge in [0.1, 0.15) is 12.7 Å². The van der Waals surface area contributed by atoms with Crippen LogP contribution in [0.4, 0.5) is 0 Å². The lowest BCUT2D eigenvalue weighted by Gasteiger charge is -2.08. The maximum atomic E-state index is 11.4. The fourth-order valence-corrected chi connectivity index (χ4v) is 2.90. The Bertz CT molecular complexity index is 550. The average Bonchev–Trinajstić information content (AvgIpc) is 3.50. The summed E-state index contributed by atoms with van der Waals surface area (Å²) < 4.78 is 10.5. The van der Waals surface area contributed by atoms with Gasteiger partial charge >= 0.3 is 5.97 Å². The zero-order valence-electron chi connectivity index (χ0n) is 18.5. The Morgan fingerprint density at radius 2 is 1.57 bits per heavy atom. The molecule has 0 bridgehead atoms. The van der Waals surface area contributed by atoms with Crippen LogP contribution >= 0.6 is 0 Å². The molecule has 0 radical (unpaired) electrons. The lowest BCUT2D eigenvalue weighted by atomic mass is 10.1. The van der Waals surface area contributed by atoms with Crippen molar-refractivity contribution >= 4 is 5.97 Å². The summed E-state index contributed by atoms with van der Waals surface area (Å²) in [6.45, 7) is 1.62. The molecule has 0 aromatic heterocycles. The van der Waals surface area contributed by atoms with E-state index in [-0.39, 0.29) is 12.6 Å². The molecule has 3 atom stereocenters. The fraction of sp³-hybridized carbons (Fsp3) is 0.640. The van der Waals surface area contributed by atoms with E-state index in [1.807, 2.05) is 0 Å². The molecule has 0 spiro atoms. The molecule has 1 rings (SSSR count). The van der Waals surface area contributed by atoms with E-state index in [2.05, 4.69) is 55.5 Å². The van der Waals surface area contributed by atoms with Crippen molar-refractivity contribution in [3.8, 4) is 0 Å². The van der Waals surface area contributed by atoms with E-state index in [9.17, 15) is 4.79 Å². The first-order chi connectivity index (χ1) is 14.7. The number of hydrogen-bond acceptors (Lipinski definition) is 5. The normalized spacial score (nSPS) is 20.1. The minimum absolute atomic E-state index is 0.132. The van der Waals surface area contributed by atoms with Gasteiger partial charge in [0.2, 0.25) is 0 Å². The Balaban J connectivity index is 1.90. The SMILES string of the molecule is CC/C=C\C/C=C\CC1OC1C/C=C\C/C=C\CCCCCC(=O)OCC(O)CO. The van der Waals surface area contributed by atoms with E-state index >= 15 is 0 Å². The van der Waals surface area contributed by atoms with Crippen LogP contribution in [0.5, 0.6) is 0 Å². The lowest BCUT2D eigenvalue weighted by Crippen LogP contribution is -2.21. The summed E-state index contributed by atoms with van der Waals surface area (Å²) in [5.74, 6) is -0.315. The van der Waals surface area contributed by atoms with E-state index < -0.39 is 12.7 Å². The highest BCUT2D eigenvalue weighted by atomic mass is 16.6. The summed E-state index contributed by atoms with van der Waals surface area (Å²) in [5, 5.41) is 17.8. The van der Waals surface area contributed by atoms with Crippen LogP contribution in [0.25, 0.3) is 0 Å². The molecule has 5 heteroatoms. The summed E-state index contributed by atoms with van der Waals surface area (Å²) >= 11 is 0. The molecular formula is C25H40O5. The summed E-state index contributed by atoms with van der Waals surface area (Å²) in [6.07, 6.45) is 26.6. The molecule has 2 N–H and O–H groups in total. The van der Waals surface area contributed by atoms with E-state index in [0.29, 0.717) is 18.6 Å². The van der Waals surface area contributed by atoms with Gasteiger partial charge in [-0.15, -0.1) is 0 Å². The summed E-state index contributed by atoms with van der Waals surface area (Å²) in [6, 6.07) is 0. The van der Waals surface area contributed by atoms with E-state index in [0.717, 1.165) is 57.8 Å². The van der Waals surface area contributed by atoms with Gasteiger partial charge in [-0.2, -0.15) is 0 Å². The zero-order valence-corrected chi connectivity index (χ0v) is 18.5. The molecule has 30 heavy (non-hydrogen) atoms. The number of aliphatic hydroxyl groups excluding tert-OH is 2. The predicted octanol–water partition coefficient (Wildman–Crippen LogP) is 4.80. The molecule has 1 saturated heterocycles. The first kappa shape index (κ1) is 26.3. The van der Waals surface area contributed by atoms with Crippen LogP contribution in [0.1, 0.15) is 71.1 Å². The van der Waals surface area contributed by atoms with E-state index in [1.54, 1.807) is 0 Å². The minimum atomic E-state index is -0.980. The van der Waals surface area contributed by atoms with Gasteiger partial charge in [0.25, 0.3) is 0 Å². The van der Waals surface area contributed by atoms with Gasteiger partial charge in [0.15, 0.2) is 0 Å². The van der Waals surface area contributed by atoms with Gasteiger partial charge in [0, 0.05) is 6.42 Å². The maximum absolute atomic E-state index is 11.4. The smallest absolute Gasteiger partial charge is 0.305 e. The quantitative estimate of drug-likeness (QED) is 0.144. The Morgan fingerprint density at radius 3 is 2.20 bits per heavy atom. The van der Waals surface area contributed by atoms with Crippen molar-refractivity contribution < 1.29 is 24.5 Å². The Hall–Kier alpha value is -1.69. The molecule has 0 amide bonds. The standard InChI is InChI=1S/C25H40O5/c1-2-3-4-5-11-14-17-23-24(30-23)18-15-12-9-7-6-8-10-13-16-19-25(28)29-21-22(27)20-26/h3-4,6-7,11-12,14-15,22-24,26-27H,2,5,8-10,13,16-21H2,1H3/b4-3-,7-6-,14-11-,15-12-. The van der Waals surface area contributed by atoms with Gasteiger partial charge in [-0.25, -0.2) is 0 Å². The van der Waals surface area contributed by atoms with Crippen LogP contribution < -0.4 is 0 Å². The first-order valence-corrected chi connectivity index (χ1v) is 11.4. The van der Waals surface area contributed by atoms with Crippen LogP contribution in [-0.4, -0.2) is 47.7 Å². The van der Waals surface area contributed by atoms with Gasteiger partial charge in [-0.1, -0.05) is 62.0 Å². The van der Waals surface area contributed by atoms with E-state index in [4.69, 9.17) is 19.7 Å². The Morgan fingerprint density at radius 1 is 0.933 bits per heavy atom. The van der Waals surface area contributed by atoms with Crippen molar-refractivity contribution in [3.05, 3.63) is 48.6 Å². The number of hydrogen-bond donors (Lipinski definition) is 2. The van der Waals surface area contributed by atoms with Crippen LogP contribution in [0.15, 0.2) is 48.6 Å². The highest BCUT2D eigenvalue weighted by molar-refractivity contribution is 5.69. The highest BCUT2D eigenvalue weighted by Gasteiger charge is 2.35. The second-order valence-corrected chi connectivity index (χ2v) is 7.57. The molecular weight excluding hydrogens is 380 g/mol. The Labute approximate surface area is 182 Å². The number of carbonyl (C=O) groups excluding carboxylic acids is 1. The Kier molecular flexibility index (Phi) is 15.9. The number of epoxide rings is 1. The molecule has 5 nitrogen and oxygen atoms in total. The fourth-order valence-electron chi connectivity index (χ4n) is 2.90. The zero-order chi connectivity index (χ0) is 21.9. The molecule has 170 valence electrons.